The molecule has 1 aromatic carbocycles. The molecule has 1 saturated heterocycles. The van der Waals surface area contributed by atoms with Crippen LogP contribution in [0.15, 0.2) is 53.7 Å². The molecule has 3 rings (SSSR count). The lowest BCUT2D eigenvalue weighted by molar-refractivity contribution is 0.385. The fourth-order valence-electron chi connectivity index (χ4n) is 2.60. The van der Waals surface area contributed by atoms with E-state index < -0.39 is 10.0 Å². The number of pyridine rings is 1. The van der Waals surface area contributed by atoms with Gasteiger partial charge in [0.25, 0.3) is 0 Å². The summed E-state index contributed by atoms with van der Waals surface area (Å²) in [6.07, 6.45) is 3.51. The average Bonchev–Trinajstić information content (AvgIpc) is 2.56. The number of aromatic nitrogens is 1. The topological polar surface area (TPSA) is 53.5 Å². The minimum absolute atomic E-state index is 0.371. The Balaban J connectivity index is 1.72. The minimum Gasteiger partial charge on any atom is -0.369 e. The molecule has 1 aromatic heterocycles. The van der Waals surface area contributed by atoms with Crippen molar-refractivity contribution in [1.82, 2.24) is 9.29 Å². The Labute approximate surface area is 131 Å². The largest absolute Gasteiger partial charge is 0.369 e. The second-order valence-corrected chi connectivity index (χ2v) is 7.35. The maximum atomic E-state index is 12.6. The molecule has 0 spiro atoms. The molecule has 22 heavy (non-hydrogen) atoms. The third-order valence-corrected chi connectivity index (χ3v) is 5.84. The van der Waals surface area contributed by atoms with Crippen molar-refractivity contribution in [2.24, 2.45) is 0 Å². The Morgan fingerprint density at radius 2 is 1.50 bits per heavy atom. The Hall–Kier alpha value is -1.92. The molecule has 6 heteroatoms. The lowest BCUT2D eigenvalue weighted by Gasteiger charge is -2.35. The van der Waals surface area contributed by atoms with E-state index in [0.29, 0.717) is 31.1 Å². The van der Waals surface area contributed by atoms with Gasteiger partial charge in [-0.3, -0.25) is 4.98 Å². The number of hydrogen-bond acceptors (Lipinski definition) is 4. The van der Waals surface area contributed by atoms with Crippen LogP contribution in [0.3, 0.4) is 0 Å². The molecule has 1 fully saturated rings. The molecule has 5 nitrogen and oxygen atoms in total. The maximum absolute atomic E-state index is 12.6. The van der Waals surface area contributed by atoms with Gasteiger partial charge in [-0.05, 0) is 31.2 Å². The van der Waals surface area contributed by atoms with Crippen molar-refractivity contribution in [2.45, 2.75) is 11.8 Å². The highest BCUT2D eigenvalue weighted by Crippen LogP contribution is 2.20. The fourth-order valence-corrected chi connectivity index (χ4v) is 4.02. The Bertz CT molecular complexity index is 722. The molecule has 0 atom stereocenters. The Morgan fingerprint density at radius 1 is 0.909 bits per heavy atom. The van der Waals surface area contributed by atoms with Crippen LogP contribution in [0.4, 0.5) is 5.69 Å². The summed E-state index contributed by atoms with van der Waals surface area (Å²) in [5, 5.41) is 0. The van der Waals surface area contributed by atoms with Crippen LogP contribution in [0.1, 0.15) is 5.56 Å². The second kappa shape index (κ2) is 6.06. The highest BCUT2D eigenvalue weighted by Gasteiger charge is 2.28. The number of nitrogens with zero attached hydrogens (tertiary/aromatic N) is 3. The number of benzene rings is 1. The second-order valence-electron chi connectivity index (χ2n) is 5.41. The number of aryl methyl sites for hydroxylation is 1. The van der Waals surface area contributed by atoms with Gasteiger partial charge in [-0.15, -0.1) is 0 Å². The summed E-state index contributed by atoms with van der Waals surface area (Å²) in [6.45, 7) is 4.32. The molecule has 116 valence electrons. The SMILES string of the molecule is Cc1ccc(S(=O)(=O)N2CCN(c3ccncc3)CC2)cc1. The molecule has 2 heterocycles. The first kappa shape index (κ1) is 15.0. The zero-order valence-electron chi connectivity index (χ0n) is 12.5. The van der Waals surface area contributed by atoms with Gasteiger partial charge in [-0.25, -0.2) is 8.42 Å². The molecule has 0 unspecified atom stereocenters. The molecule has 0 N–H and O–H groups in total. The van der Waals surface area contributed by atoms with Gasteiger partial charge in [0.1, 0.15) is 0 Å². The van der Waals surface area contributed by atoms with Gasteiger partial charge in [0.2, 0.25) is 10.0 Å². The van der Waals surface area contributed by atoms with E-state index in [2.05, 4.69) is 9.88 Å². The van der Waals surface area contributed by atoms with Crippen LogP contribution in [0.5, 0.6) is 0 Å². The Kier molecular flexibility index (Phi) is 4.13. The van der Waals surface area contributed by atoms with Crippen LogP contribution >= 0.6 is 0 Å². The summed E-state index contributed by atoms with van der Waals surface area (Å²) in [6, 6.07) is 10.9. The van der Waals surface area contributed by atoms with Gasteiger partial charge in [-0.2, -0.15) is 4.31 Å². The van der Waals surface area contributed by atoms with Gasteiger partial charge in [0, 0.05) is 44.3 Å². The van der Waals surface area contributed by atoms with E-state index in [-0.39, 0.29) is 0 Å². The molecule has 0 aliphatic carbocycles. The molecule has 0 radical (unpaired) electrons. The summed E-state index contributed by atoms with van der Waals surface area (Å²) in [4.78, 5) is 6.56. The standard InChI is InChI=1S/C16H19N3O2S/c1-14-2-4-16(5-3-14)22(20,21)19-12-10-18(11-13-19)15-6-8-17-9-7-15/h2-9H,10-13H2,1H3. The van der Waals surface area contributed by atoms with Gasteiger partial charge in [0.15, 0.2) is 0 Å². The summed E-state index contributed by atoms with van der Waals surface area (Å²) in [5.74, 6) is 0. The van der Waals surface area contributed by atoms with Gasteiger partial charge in [0.05, 0.1) is 4.90 Å². The fraction of sp³-hybridized carbons (Fsp3) is 0.312. The molecule has 2 aromatic rings. The van der Waals surface area contributed by atoms with Gasteiger partial charge < -0.3 is 4.90 Å². The lowest BCUT2D eigenvalue weighted by atomic mass is 10.2. The van der Waals surface area contributed by atoms with Crippen molar-refractivity contribution >= 4 is 15.7 Å². The molecular formula is C16H19N3O2S. The zero-order valence-corrected chi connectivity index (χ0v) is 13.3. The molecule has 0 amide bonds. The van der Waals surface area contributed by atoms with Crippen molar-refractivity contribution in [1.29, 1.82) is 0 Å². The van der Waals surface area contributed by atoms with E-state index in [4.69, 9.17) is 0 Å². The third kappa shape index (κ3) is 2.98. The van der Waals surface area contributed by atoms with E-state index >= 15 is 0 Å². The van der Waals surface area contributed by atoms with E-state index in [0.717, 1.165) is 11.3 Å². The van der Waals surface area contributed by atoms with Crippen LogP contribution < -0.4 is 4.90 Å². The number of piperazine rings is 1. The number of sulfonamides is 1. The minimum atomic E-state index is -3.39. The van der Waals surface area contributed by atoms with E-state index in [1.54, 1.807) is 28.8 Å². The van der Waals surface area contributed by atoms with Crippen LogP contribution in [0.2, 0.25) is 0 Å². The highest BCUT2D eigenvalue weighted by molar-refractivity contribution is 7.89. The third-order valence-electron chi connectivity index (χ3n) is 3.93. The smallest absolute Gasteiger partial charge is 0.243 e. The quantitative estimate of drug-likeness (QED) is 0.867. The first-order chi connectivity index (χ1) is 10.6. The van der Waals surface area contributed by atoms with Crippen LogP contribution in [-0.4, -0.2) is 43.9 Å². The van der Waals surface area contributed by atoms with Crippen LogP contribution in [-0.2, 0) is 10.0 Å². The first-order valence-electron chi connectivity index (χ1n) is 7.29. The van der Waals surface area contributed by atoms with Crippen molar-refractivity contribution in [3.8, 4) is 0 Å². The van der Waals surface area contributed by atoms with E-state index in [1.165, 1.54) is 0 Å². The number of hydrogen-bond donors (Lipinski definition) is 0. The average molecular weight is 317 g/mol. The molecule has 1 aliphatic heterocycles. The van der Waals surface area contributed by atoms with Crippen molar-refractivity contribution in [3.05, 3.63) is 54.4 Å². The summed E-state index contributed by atoms with van der Waals surface area (Å²) in [7, 11) is -3.39. The molecule has 0 bridgehead atoms. The van der Waals surface area contributed by atoms with Gasteiger partial charge in [-0.1, -0.05) is 17.7 Å². The normalized spacial score (nSPS) is 16.7. The van der Waals surface area contributed by atoms with E-state index in [9.17, 15) is 8.42 Å². The van der Waals surface area contributed by atoms with E-state index in [1.807, 2.05) is 31.2 Å². The molecule has 0 saturated carbocycles. The predicted octanol–water partition coefficient (Wildman–Crippen LogP) is 1.90. The van der Waals surface area contributed by atoms with Crippen LogP contribution in [0, 0.1) is 6.92 Å². The molecule has 1 aliphatic rings. The predicted molar refractivity (Wildman–Crippen MR) is 86.4 cm³/mol. The van der Waals surface area contributed by atoms with Crippen molar-refractivity contribution in [3.63, 3.8) is 0 Å². The summed E-state index contributed by atoms with van der Waals surface area (Å²) in [5.41, 5.74) is 2.14. The van der Waals surface area contributed by atoms with Gasteiger partial charge >= 0.3 is 0 Å². The molecular weight excluding hydrogens is 298 g/mol. The first-order valence-corrected chi connectivity index (χ1v) is 8.73. The van der Waals surface area contributed by atoms with Crippen molar-refractivity contribution < 1.29 is 8.42 Å². The highest BCUT2D eigenvalue weighted by atomic mass is 32.2. The zero-order chi connectivity index (χ0) is 15.6. The summed E-state index contributed by atoms with van der Waals surface area (Å²) >= 11 is 0. The lowest BCUT2D eigenvalue weighted by Crippen LogP contribution is -2.48. The summed E-state index contributed by atoms with van der Waals surface area (Å²) < 4.78 is 26.8. The van der Waals surface area contributed by atoms with Crippen LogP contribution in [0.25, 0.3) is 0 Å². The monoisotopic (exact) mass is 317 g/mol. The number of anilines is 1. The number of rotatable bonds is 3. The maximum Gasteiger partial charge on any atom is 0.243 e. The van der Waals surface area contributed by atoms with Crippen molar-refractivity contribution in [2.75, 3.05) is 31.1 Å². The Morgan fingerprint density at radius 3 is 2.09 bits per heavy atom.